The van der Waals surface area contributed by atoms with E-state index in [0.717, 1.165) is 47.2 Å². The van der Waals surface area contributed by atoms with Crippen LogP contribution >= 0.6 is 11.8 Å². The lowest BCUT2D eigenvalue weighted by Crippen LogP contribution is -2.25. The summed E-state index contributed by atoms with van der Waals surface area (Å²) in [6.07, 6.45) is 2.96. The second-order valence-corrected chi connectivity index (χ2v) is 7.69. The molecule has 0 unspecified atom stereocenters. The maximum absolute atomic E-state index is 12.8. The number of hydrogen-bond donors (Lipinski definition) is 0. The highest BCUT2D eigenvalue weighted by Crippen LogP contribution is 2.32. The molecule has 4 nitrogen and oxygen atoms in total. The van der Waals surface area contributed by atoms with E-state index >= 15 is 0 Å². The maximum atomic E-state index is 12.8. The zero-order valence-electron chi connectivity index (χ0n) is 15.6. The van der Waals surface area contributed by atoms with E-state index in [1.54, 1.807) is 23.4 Å². The maximum Gasteiger partial charge on any atom is 0.353 e. The molecule has 1 aromatic heterocycles. The minimum Gasteiger partial charge on any atom is -0.497 e. The topological polar surface area (TPSA) is 44.1 Å². The molecule has 0 saturated heterocycles. The first-order valence-electron chi connectivity index (χ1n) is 9.14. The van der Waals surface area contributed by atoms with Gasteiger partial charge in [0.2, 0.25) is 0 Å². The van der Waals surface area contributed by atoms with Crippen LogP contribution in [0.5, 0.6) is 5.75 Å². The monoisotopic (exact) mass is 378 g/mol. The molecule has 0 radical (unpaired) electrons. The molecule has 1 heterocycles. The summed E-state index contributed by atoms with van der Waals surface area (Å²) >= 11 is 1.67. The first-order chi connectivity index (χ1) is 13.2. The van der Waals surface area contributed by atoms with Crippen LogP contribution in [-0.4, -0.2) is 16.7 Å². The SMILES string of the molecule is COc1ccc(-n2c3c(c(SCc4ccccc4C)nc2=O)CCC3)cc1. The number of aryl methyl sites for hydroxylation is 1. The average molecular weight is 378 g/mol. The summed E-state index contributed by atoms with van der Waals surface area (Å²) in [6, 6.07) is 16.0. The van der Waals surface area contributed by atoms with Gasteiger partial charge in [0, 0.05) is 17.0 Å². The van der Waals surface area contributed by atoms with Crippen molar-refractivity contribution < 1.29 is 4.74 Å². The smallest absolute Gasteiger partial charge is 0.353 e. The molecule has 0 saturated carbocycles. The minimum atomic E-state index is -0.201. The van der Waals surface area contributed by atoms with Gasteiger partial charge >= 0.3 is 5.69 Å². The van der Waals surface area contributed by atoms with Crippen LogP contribution in [0.4, 0.5) is 0 Å². The van der Waals surface area contributed by atoms with Gasteiger partial charge < -0.3 is 4.74 Å². The lowest BCUT2D eigenvalue weighted by Gasteiger charge is -2.15. The quantitative estimate of drug-likeness (QED) is 0.490. The third kappa shape index (κ3) is 3.52. The van der Waals surface area contributed by atoms with Gasteiger partial charge in [-0.2, -0.15) is 4.98 Å². The molecular weight excluding hydrogens is 356 g/mol. The van der Waals surface area contributed by atoms with Crippen LogP contribution in [0, 0.1) is 6.92 Å². The molecule has 5 heteroatoms. The third-order valence-electron chi connectivity index (χ3n) is 5.06. The van der Waals surface area contributed by atoms with Crippen molar-refractivity contribution in [1.29, 1.82) is 0 Å². The van der Waals surface area contributed by atoms with Gasteiger partial charge in [-0.25, -0.2) is 4.79 Å². The number of ether oxygens (including phenoxy) is 1. The van der Waals surface area contributed by atoms with E-state index in [2.05, 4.69) is 36.2 Å². The lowest BCUT2D eigenvalue weighted by molar-refractivity contribution is 0.414. The van der Waals surface area contributed by atoms with E-state index in [0.29, 0.717) is 0 Å². The lowest BCUT2D eigenvalue weighted by atomic mass is 10.1. The van der Waals surface area contributed by atoms with Crippen LogP contribution in [0.25, 0.3) is 5.69 Å². The van der Waals surface area contributed by atoms with E-state index < -0.39 is 0 Å². The Morgan fingerprint density at radius 1 is 1.11 bits per heavy atom. The van der Waals surface area contributed by atoms with Gasteiger partial charge in [-0.15, -0.1) is 11.8 Å². The molecule has 0 amide bonds. The van der Waals surface area contributed by atoms with E-state index in [-0.39, 0.29) is 5.69 Å². The molecule has 0 bridgehead atoms. The Kier molecular flexibility index (Phi) is 5.03. The third-order valence-corrected chi connectivity index (χ3v) is 6.13. The van der Waals surface area contributed by atoms with Gasteiger partial charge in [0.15, 0.2) is 0 Å². The van der Waals surface area contributed by atoms with Crippen molar-refractivity contribution in [3.63, 3.8) is 0 Å². The first-order valence-corrected chi connectivity index (χ1v) is 10.1. The van der Waals surface area contributed by atoms with Gasteiger partial charge in [-0.05, 0) is 61.6 Å². The van der Waals surface area contributed by atoms with Gasteiger partial charge in [-0.3, -0.25) is 4.57 Å². The highest BCUT2D eigenvalue weighted by molar-refractivity contribution is 7.98. The standard InChI is InChI=1S/C22H22N2O2S/c1-15-6-3-4-7-16(15)14-27-21-19-8-5-9-20(19)24(22(25)23-21)17-10-12-18(26-2)13-11-17/h3-4,6-7,10-13H,5,8-9,14H2,1-2H3. The Hall–Kier alpha value is -2.53. The Balaban J connectivity index is 1.69. The van der Waals surface area contributed by atoms with Crippen molar-refractivity contribution >= 4 is 11.8 Å². The largest absolute Gasteiger partial charge is 0.497 e. The second-order valence-electron chi connectivity index (χ2n) is 6.73. The van der Waals surface area contributed by atoms with E-state index in [4.69, 9.17) is 4.74 Å². The number of hydrogen-bond acceptors (Lipinski definition) is 4. The molecule has 1 aliphatic rings. The molecule has 2 aromatic carbocycles. The molecule has 138 valence electrons. The predicted octanol–water partition coefficient (Wildman–Crippen LogP) is 4.33. The number of thioether (sulfide) groups is 1. The van der Waals surface area contributed by atoms with E-state index in [1.165, 1.54) is 16.7 Å². The molecule has 0 atom stereocenters. The van der Waals surface area contributed by atoms with Crippen molar-refractivity contribution in [3.05, 3.63) is 81.4 Å². The highest BCUT2D eigenvalue weighted by Gasteiger charge is 2.23. The molecular formula is C22H22N2O2S. The molecule has 1 aliphatic carbocycles. The van der Waals surface area contributed by atoms with Crippen molar-refractivity contribution in [2.75, 3.05) is 7.11 Å². The zero-order valence-corrected chi connectivity index (χ0v) is 16.4. The summed E-state index contributed by atoms with van der Waals surface area (Å²) in [5.41, 5.74) is 5.54. The normalized spacial score (nSPS) is 12.8. The Bertz CT molecular complexity index is 1030. The number of benzene rings is 2. The summed E-state index contributed by atoms with van der Waals surface area (Å²) in [6.45, 7) is 2.12. The second kappa shape index (κ2) is 7.61. The summed E-state index contributed by atoms with van der Waals surface area (Å²) in [5.74, 6) is 1.61. The van der Waals surface area contributed by atoms with Gasteiger partial charge in [0.1, 0.15) is 10.8 Å². The van der Waals surface area contributed by atoms with Gasteiger partial charge in [-0.1, -0.05) is 24.3 Å². The summed E-state index contributed by atoms with van der Waals surface area (Å²) in [5, 5.41) is 0.889. The van der Waals surface area contributed by atoms with Gasteiger partial charge in [0.05, 0.1) is 12.8 Å². The Morgan fingerprint density at radius 2 is 1.89 bits per heavy atom. The van der Waals surface area contributed by atoms with Crippen molar-refractivity contribution in [1.82, 2.24) is 9.55 Å². The predicted molar refractivity (Wildman–Crippen MR) is 109 cm³/mol. The van der Waals surface area contributed by atoms with Crippen molar-refractivity contribution in [3.8, 4) is 11.4 Å². The first kappa shape index (κ1) is 17.9. The molecule has 3 aromatic rings. The van der Waals surface area contributed by atoms with Crippen LogP contribution in [0.3, 0.4) is 0 Å². The zero-order chi connectivity index (χ0) is 18.8. The van der Waals surface area contributed by atoms with Crippen LogP contribution in [0.1, 0.15) is 28.8 Å². The van der Waals surface area contributed by atoms with Crippen LogP contribution < -0.4 is 10.4 Å². The molecule has 0 N–H and O–H groups in total. The molecule has 27 heavy (non-hydrogen) atoms. The number of rotatable bonds is 5. The van der Waals surface area contributed by atoms with E-state index in [9.17, 15) is 4.79 Å². The number of methoxy groups -OCH3 is 1. The summed E-state index contributed by atoms with van der Waals surface area (Å²) in [4.78, 5) is 17.3. The minimum absolute atomic E-state index is 0.201. The average Bonchev–Trinajstić information content (AvgIpc) is 3.17. The highest BCUT2D eigenvalue weighted by atomic mass is 32.2. The molecule has 0 fully saturated rings. The Morgan fingerprint density at radius 3 is 2.63 bits per heavy atom. The van der Waals surface area contributed by atoms with Crippen LogP contribution in [0.15, 0.2) is 58.4 Å². The number of nitrogens with zero attached hydrogens (tertiary/aromatic N) is 2. The fourth-order valence-electron chi connectivity index (χ4n) is 3.56. The van der Waals surface area contributed by atoms with Crippen LogP contribution in [-0.2, 0) is 18.6 Å². The van der Waals surface area contributed by atoms with Crippen molar-refractivity contribution in [2.24, 2.45) is 0 Å². The number of aromatic nitrogens is 2. The summed E-state index contributed by atoms with van der Waals surface area (Å²) in [7, 11) is 1.64. The van der Waals surface area contributed by atoms with Crippen molar-refractivity contribution in [2.45, 2.75) is 37.0 Å². The fraction of sp³-hybridized carbons (Fsp3) is 0.273. The van der Waals surface area contributed by atoms with Gasteiger partial charge in [0.25, 0.3) is 0 Å². The summed E-state index contributed by atoms with van der Waals surface area (Å²) < 4.78 is 6.99. The van der Waals surface area contributed by atoms with Crippen LogP contribution in [0.2, 0.25) is 0 Å². The molecule has 0 spiro atoms. The molecule has 0 aliphatic heterocycles. The van der Waals surface area contributed by atoms with E-state index in [1.807, 2.05) is 24.3 Å². The number of fused-ring (bicyclic) bond motifs is 1. The Labute approximate surface area is 163 Å². The molecule has 4 rings (SSSR count). The fourth-order valence-corrected chi connectivity index (χ4v) is 4.71.